The maximum Gasteiger partial charge on any atom is 0.191 e. The van der Waals surface area contributed by atoms with E-state index >= 15 is 0 Å². The van der Waals surface area contributed by atoms with Crippen LogP contribution in [0.4, 0.5) is 0 Å². The fourth-order valence-corrected chi connectivity index (χ4v) is 1.81. The summed E-state index contributed by atoms with van der Waals surface area (Å²) in [5, 5.41) is 15.5. The number of guanidine groups is 1. The van der Waals surface area contributed by atoms with Gasteiger partial charge in [-0.1, -0.05) is 12.1 Å². The van der Waals surface area contributed by atoms with Crippen LogP contribution in [0.5, 0.6) is 0 Å². The van der Waals surface area contributed by atoms with Crippen molar-refractivity contribution in [1.29, 1.82) is 5.26 Å². The fraction of sp³-hybridized carbons (Fsp3) is 0.467. The third-order valence-corrected chi connectivity index (χ3v) is 3.08. The largest absolute Gasteiger partial charge is 0.357 e. The summed E-state index contributed by atoms with van der Waals surface area (Å²) < 4.78 is 0. The van der Waals surface area contributed by atoms with Crippen molar-refractivity contribution >= 4 is 29.9 Å². The molecular weight excluding hydrogens is 363 g/mol. The van der Waals surface area contributed by atoms with E-state index in [1.54, 1.807) is 0 Å². The fourth-order valence-electron chi connectivity index (χ4n) is 1.81. The average molecular weight is 384 g/mol. The molecule has 20 heavy (non-hydrogen) atoms. The molecule has 0 atom stereocenters. The molecule has 2 rings (SSSR count). The van der Waals surface area contributed by atoms with Crippen molar-refractivity contribution in [2.24, 2.45) is 10.9 Å². The molecule has 1 aliphatic carbocycles. The normalized spacial score (nSPS) is 14.1. The van der Waals surface area contributed by atoms with Gasteiger partial charge in [-0.3, -0.25) is 0 Å². The van der Waals surface area contributed by atoms with Gasteiger partial charge >= 0.3 is 0 Å². The number of rotatable bonds is 5. The van der Waals surface area contributed by atoms with Crippen LogP contribution in [0, 0.1) is 17.2 Å². The highest BCUT2D eigenvalue weighted by Gasteiger charge is 2.20. The molecule has 0 aromatic heterocycles. The smallest absolute Gasteiger partial charge is 0.191 e. The van der Waals surface area contributed by atoms with Crippen LogP contribution in [0.25, 0.3) is 0 Å². The summed E-state index contributed by atoms with van der Waals surface area (Å²) in [5.41, 5.74) is 1.74. The Labute approximate surface area is 137 Å². The second-order valence-electron chi connectivity index (χ2n) is 4.83. The maximum absolute atomic E-state index is 8.87. The van der Waals surface area contributed by atoms with E-state index in [-0.39, 0.29) is 24.0 Å². The van der Waals surface area contributed by atoms with E-state index in [4.69, 9.17) is 5.26 Å². The van der Waals surface area contributed by atoms with Gasteiger partial charge in [0.25, 0.3) is 0 Å². The van der Waals surface area contributed by atoms with Gasteiger partial charge in [-0.05, 0) is 43.4 Å². The highest BCUT2D eigenvalue weighted by atomic mass is 127. The first-order chi connectivity index (χ1) is 9.31. The number of benzene rings is 1. The highest BCUT2D eigenvalue weighted by molar-refractivity contribution is 14.0. The molecule has 2 N–H and O–H groups in total. The van der Waals surface area contributed by atoms with Gasteiger partial charge in [-0.25, -0.2) is 4.99 Å². The third-order valence-electron chi connectivity index (χ3n) is 3.08. The van der Waals surface area contributed by atoms with Crippen molar-refractivity contribution < 1.29 is 0 Å². The first kappa shape index (κ1) is 16.8. The summed E-state index contributed by atoms with van der Waals surface area (Å²) in [6, 6.07) is 9.73. The van der Waals surface area contributed by atoms with Crippen LogP contribution >= 0.6 is 24.0 Å². The predicted octanol–water partition coefficient (Wildman–Crippen LogP) is 2.64. The SMILES string of the molecule is CCNC(=NCc1cccc(C#N)c1)NCC1CC1.I. The van der Waals surface area contributed by atoms with E-state index in [2.05, 4.69) is 28.6 Å². The van der Waals surface area contributed by atoms with Gasteiger partial charge in [0.15, 0.2) is 5.96 Å². The lowest BCUT2D eigenvalue weighted by Gasteiger charge is -2.10. The van der Waals surface area contributed by atoms with Crippen molar-refractivity contribution in [2.75, 3.05) is 13.1 Å². The number of nitriles is 1. The quantitative estimate of drug-likeness (QED) is 0.466. The van der Waals surface area contributed by atoms with Gasteiger partial charge < -0.3 is 10.6 Å². The Balaban J connectivity index is 0.00000200. The Bertz CT molecular complexity index is 489. The molecule has 0 bridgehead atoms. The molecule has 1 aliphatic rings. The van der Waals surface area contributed by atoms with Gasteiger partial charge in [0.1, 0.15) is 0 Å². The second-order valence-corrected chi connectivity index (χ2v) is 4.83. The summed E-state index contributed by atoms with van der Waals surface area (Å²) in [6.45, 7) is 4.51. The first-order valence-corrected chi connectivity index (χ1v) is 6.83. The van der Waals surface area contributed by atoms with Crippen LogP contribution in [0.2, 0.25) is 0 Å². The average Bonchev–Trinajstić information content (AvgIpc) is 3.26. The minimum Gasteiger partial charge on any atom is -0.357 e. The number of nitrogens with zero attached hydrogens (tertiary/aromatic N) is 2. The van der Waals surface area contributed by atoms with Crippen molar-refractivity contribution in [3.63, 3.8) is 0 Å². The maximum atomic E-state index is 8.87. The topological polar surface area (TPSA) is 60.2 Å². The van der Waals surface area contributed by atoms with Crippen LogP contribution in [-0.2, 0) is 6.54 Å². The van der Waals surface area contributed by atoms with E-state index in [9.17, 15) is 0 Å². The molecule has 0 amide bonds. The minimum atomic E-state index is 0. The zero-order valence-electron chi connectivity index (χ0n) is 11.7. The molecule has 0 radical (unpaired) electrons. The summed E-state index contributed by atoms with van der Waals surface area (Å²) in [4.78, 5) is 4.54. The summed E-state index contributed by atoms with van der Waals surface area (Å²) in [5.74, 6) is 1.68. The van der Waals surface area contributed by atoms with E-state index in [0.717, 1.165) is 30.5 Å². The molecule has 0 unspecified atom stereocenters. The number of nitrogens with one attached hydrogen (secondary N) is 2. The molecule has 108 valence electrons. The summed E-state index contributed by atoms with van der Waals surface area (Å²) in [6.07, 6.45) is 2.66. The van der Waals surface area contributed by atoms with Gasteiger partial charge in [-0.2, -0.15) is 5.26 Å². The molecule has 1 aromatic carbocycles. The van der Waals surface area contributed by atoms with Crippen LogP contribution in [-0.4, -0.2) is 19.0 Å². The Morgan fingerprint density at radius 3 is 2.85 bits per heavy atom. The molecule has 0 saturated heterocycles. The molecule has 1 fully saturated rings. The Morgan fingerprint density at radius 2 is 2.20 bits per heavy atom. The number of aliphatic imine (C=N–C) groups is 1. The summed E-state index contributed by atoms with van der Waals surface area (Å²) >= 11 is 0. The lowest BCUT2D eigenvalue weighted by Crippen LogP contribution is -2.38. The van der Waals surface area contributed by atoms with Gasteiger partial charge in [0.2, 0.25) is 0 Å². The zero-order valence-corrected chi connectivity index (χ0v) is 14.1. The minimum absolute atomic E-state index is 0. The molecule has 0 heterocycles. The van der Waals surface area contributed by atoms with Crippen molar-refractivity contribution in [3.05, 3.63) is 35.4 Å². The predicted molar refractivity (Wildman–Crippen MR) is 92.1 cm³/mol. The second kappa shape index (κ2) is 8.80. The lowest BCUT2D eigenvalue weighted by atomic mass is 10.1. The number of hydrogen-bond acceptors (Lipinski definition) is 2. The Morgan fingerprint density at radius 1 is 1.40 bits per heavy atom. The van der Waals surface area contributed by atoms with E-state index < -0.39 is 0 Å². The Hall–Kier alpha value is -1.29. The molecule has 5 heteroatoms. The van der Waals surface area contributed by atoms with E-state index in [0.29, 0.717) is 12.1 Å². The number of hydrogen-bond donors (Lipinski definition) is 2. The van der Waals surface area contributed by atoms with Crippen molar-refractivity contribution in [2.45, 2.75) is 26.3 Å². The third kappa shape index (κ3) is 5.78. The molecular formula is C15H21IN4. The monoisotopic (exact) mass is 384 g/mol. The van der Waals surface area contributed by atoms with Crippen molar-refractivity contribution in [3.8, 4) is 6.07 Å². The van der Waals surface area contributed by atoms with Crippen LogP contribution in [0.15, 0.2) is 29.3 Å². The standard InChI is InChI=1S/C15H20N4.HI/c1-2-17-15(18-10-12-6-7-12)19-11-14-5-3-4-13(8-14)9-16;/h3-5,8,12H,2,6-7,10-11H2,1H3,(H2,17,18,19);1H. The van der Waals surface area contributed by atoms with E-state index in [1.807, 2.05) is 24.3 Å². The molecule has 0 spiro atoms. The van der Waals surface area contributed by atoms with Crippen LogP contribution in [0.1, 0.15) is 30.9 Å². The molecule has 0 aliphatic heterocycles. The lowest BCUT2D eigenvalue weighted by molar-refractivity contribution is 0.739. The number of halogens is 1. The zero-order chi connectivity index (χ0) is 13.5. The summed E-state index contributed by atoms with van der Waals surface area (Å²) in [7, 11) is 0. The highest BCUT2D eigenvalue weighted by Crippen LogP contribution is 2.27. The van der Waals surface area contributed by atoms with Crippen LogP contribution in [0.3, 0.4) is 0 Å². The molecule has 1 aromatic rings. The van der Waals surface area contributed by atoms with Crippen LogP contribution < -0.4 is 10.6 Å². The van der Waals surface area contributed by atoms with Gasteiger partial charge in [0.05, 0.1) is 18.2 Å². The first-order valence-electron chi connectivity index (χ1n) is 6.83. The van der Waals surface area contributed by atoms with Crippen molar-refractivity contribution in [1.82, 2.24) is 10.6 Å². The molecule has 1 saturated carbocycles. The van der Waals surface area contributed by atoms with E-state index in [1.165, 1.54) is 12.8 Å². The van der Waals surface area contributed by atoms with Gasteiger partial charge in [-0.15, -0.1) is 24.0 Å². The molecule has 4 nitrogen and oxygen atoms in total. The van der Waals surface area contributed by atoms with Gasteiger partial charge in [0, 0.05) is 13.1 Å². The Kier molecular flexibility index (Phi) is 7.37.